The summed E-state index contributed by atoms with van der Waals surface area (Å²) in [6.07, 6.45) is 3.72. The third-order valence-electron chi connectivity index (χ3n) is 2.99. The number of nitrogens with zero attached hydrogens (tertiary/aromatic N) is 2. The first kappa shape index (κ1) is 11.0. The molecule has 2 heterocycles. The molecule has 0 saturated heterocycles. The molecule has 0 bridgehead atoms. The predicted molar refractivity (Wildman–Crippen MR) is 67.8 cm³/mol. The summed E-state index contributed by atoms with van der Waals surface area (Å²) in [5, 5.41) is 3.36. The number of aryl methyl sites for hydroxylation is 1. The van der Waals surface area contributed by atoms with Crippen molar-refractivity contribution in [2.24, 2.45) is 0 Å². The van der Waals surface area contributed by atoms with Crippen molar-refractivity contribution in [3.63, 3.8) is 0 Å². The maximum absolute atomic E-state index is 5.34. The van der Waals surface area contributed by atoms with Gasteiger partial charge in [0.15, 0.2) is 11.5 Å². The summed E-state index contributed by atoms with van der Waals surface area (Å²) >= 11 is 0. The smallest absolute Gasteiger partial charge is 0.231 e. The lowest BCUT2D eigenvalue weighted by molar-refractivity contribution is 0.174. The molecule has 0 unspecified atom stereocenters. The number of nitrogens with one attached hydrogen (secondary N) is 1. The average molecular weight is 245 g/mol. The van der Waals surface area contributed by atoms with E-state index in [0.29, 0.717) is 6.79 Å². The van der Waals surface area contributed by atoms with Crippen LogP contribution in [0.5, 0.6) is 11.5 Å². The first-order valence-electron chi connectivity index (χ1n) is 5.99. The normalized spacial score (nSPS) is 12.7. The molecule has 1 aromatic heterocycles. The molecule has 18 heavy (non-hydrogen) atoms. The monoisotopic (exact) mass is 245 g/mol. The van der Waals surface area contributed by atoms with E-state index < -0.39 is 0 Å². The number of hydrogen-bond donors (Lipinski definition) is 1. The SMILES string of the molecule is CCn1cncc1CNc1ccc2c(c1)OCO2. The van der Waals surface area contributed by atoms with Crippen LogP contribution < -0.4 is 14.8 Å². The third-order valence-corrected chi connectivity index (χ3v) is 2.99. The van der Waals surface area contributed by atoms with Gasteiger partial charge in [-0.15, -0.1) is 0 Å². The first-order chi connectivity index (χ1) is 8.86. The van der Waals surface area contributed by atoms with Gasteiger partial charge in [-0.05, 0) is 19.1 Å². The Kier molecular flexibility index (Phi) is 2.80. The molecule has 0 atom stereocenters. The summed E-state index contributed by atoms with van der Waals surface area (Å²) in [7, 11) is 0. The Bertz CT molecular complexity index is 551. The van der Waals surface area contributed by atoms with Crippen LogP contribution in [0, 0.1) is 0 Å². The minimum atomic E-state index is 0.307. The van der Waals surface area contributed by atoms with Gasteiger partial charge in [0.05, 0.1) is 18.6 Å². The molecule has 1 aromatic carbocycles. The van der Waals surface area contributed by atoms with Gasteiger partial charge < -0.3 is 19.4 Å². The summed E-state index contributed by atoms with van der Waals surface area (Å²) in [4.78, 5) is 4.14. The minimum absolute atomic E-state index is 0.307. The fraction of sp³-hybridized carbons (Fsp3) is 0.308. The fourth-order valence-electron chi connectivity index (χ4n) is 1.98. The minimum Gasteiger partial charge on any atom is -0.454 e. The van der Waals surface area contributed by atoms with Crippen LogP contribution >= 0.6 is 0 Å². The van der Waals surface area contributed by atoms with E-state index in [1.807, 2.05) is 30.7 Å². The van der Waals surface area contributed by atoms with Crippen LogP contribution in [0.15, 0.2) is 30.7 Å². The van der Waals surface area contributed by atoms with Crippen molar-refractivity contribution in [1.82, 2.24) is 9.55 Å². The van der Waals surface area contributed by atoms with Crippen LogP contribution in [0.3, 0.4) is 0 Å². The van der Waals surface area contributed by atoms with E-state index in [1.54, 1.807) is 0 Å². The number of fused-ring (bicyclic) bond motifs is 1. The zero-order chi connectivity index (χ0) is 12.4. The Labute approximate surface area is 105 Å². The Morgan fingerprint density at radius 2 is 2.22 bits per heavy atom. The zero-order valence-corrected chi connectivity index (χ0v) is 10.2. The van der Waals surface area contributed by atoms with Crippen molar-refractivity contribution >= 4 is 5.69 Å². The van der Waals surface area contributed by atoms with Crippen molar-refractivity contribution < 1.29 is 9.47 Å². The largest absolute Gasteiger partial charge is 0.454 e. The van der Waals surface area contributed by atoms with Gasteiger partial charge in [0, 0.05) is 24.5 Å². The maximum Gasteiger partial charge on any atom is 0.231 e. The molecular formula is C13H15N3O2. The van der Waals surface area contributed by atoms with E-state index in [4.69, 9.17) is 9.47 Å². The van der Waals surface area contributed by atoms with Crippen molar-refractivity contribution in [2.75, 3.05) is 12.1 Å². The van der Waals surface area contributed by atoms with E-state index in [0.717, 1.165) is 36.0 Å². The van der Waals surface area contributed by atoms with E-state index >= 15 is 0 Å². The summed E-state index contributed by atoms with van der Waals surface area (Å²) < 4.78 is 12.7. The highest BCUT2D eigenvalue weighted by Crippen LogP contribution is 2.34. The molecule has 1 aliphatic rings. The first-order valence-corrected chi connectivity index (χ1v) is 5.99. The number of aromatic nitrogens is 2. The molecule has 0 fully saturated rings. The lowest BCUT2D eigenvalue weighted by atomic mass is 10.2. The topological polar surface area (TPSA) is 48.3 Å². The Morgan fingerprint density at radius 1 is 1.33 bits per heavy atom. The fourth-order valence-corrected chi connectivity index (χ4v) is 1.98. The third kappa shape index (κ3) is 1.99. The number of rotatable bonds is 4. The van der Waals surface area contributed by atoms with E-state index in [-0.39, 0.29) is 0 Å². The van der Waals surface area contributed by atoms with Crippen LogP contribution in [-0.4, -0.2) is 16.3 Å². The van der Waals surface area contributed by atoms with Crippen LogP contribution in [-0.2, 0) is 13.1 Å². The molecule has 3 rings (SSSR count). The van der Waals surface area contributed by atoms with Crippen LogP contribution in [0.1, 0.15) is 12.6 Å². The van der Waals surface area contributed by atoms with E-state index in [2.05, 4.69) is 21.8 Å². The van der Waals surface area contributed by atoms with Crippen molar-refractivity contribution in [3.05, 3.63) is 36.4 Å². The summed E-state index contributed by atoms with van der Waals surface area (Å²) in [5.41, 5.74) is 2.18. The van der Waals surface area contributed by atoms with Crippen LogP contribution in [0.2, 0.25) is 0 Å². The van der Waals surface area contributed by atoms with Crippen molar-refractivity contribution in [3.8, 4) is 11.5 Å². The van der Waals surface area contributed by atoms with Crippen molar-refractivity contribution in [2.45, 2.75) is 20.0 Å². The predicted octanol–water partition coefficient (Wildman–Crippen LogP) is 2.24. The van der Waals surface area contributed by atoms with Crippen LogP contribution in [0.25, 0.3) is 0 Å². The molecule has 0 amide bonds. The van der Waals surface area contributed by atoms with Gasteiger partial charge in [-0.2, -0.15) is 0 Å². The standard InChI is InChI=1S/C13H15N3O2/c1-2-16-8-14-6-11(16)7-15-10-3-4-12-13(5-10)18-9-17-12/h3-6,8,15H,2,7,9H2,1H3. The molecule has 0 spiro atoms. The number of imidazole rings is 1. The second-order valence-electron chi connectivity index (χ2n) is 4.09. The molecule has 94 valence electrons. The highest BCUT2D eigenvalue weighted by atomic mass is 16.7. The molecular weight excluding hydrogens is 230 g/mol. The molecule has 1 aliphatic heterocycles. The van der Waals surface area contributed by atoms with E-state index in [1.165, 1.54) is 0 Å². The lowest BCUT2D eigenvalue weighted by Gasteiger charge is -2.08. The quantitative estimate of drug-likeness (QED) is 0.897. The molecule has 5 nitrogen and oxygen atoms in total. The summed E-state index contributed by atoms with van der Waals surface area (Å²) in [5.74, 6) is 1.60. The van der Waals surface area contributed by atoms with Gasteiger partial charge in [0.2, 0.25) is 6.79 Å². The molecule has 1 N–H and O–H groups in total. The van der Waals surface area contributed by atoms with Gasteiger partial charge in [-0.3, -0.25) is 0 Å². The van der Waals surface area contributed by atoms with Gasteiger partial charge in [-0.1, -0.05) is 0 Å². The van der Waals surface area contributed by atoms with Gasteiger partial charge >= 0.3 is 0 Å². The van der Waals surface area contributed by atoms with E-state index in [9.17, 15) is 0 Å². The van der Waals surface area contributed by atoms with Crippen LogP contribution in [0.4, 0.5) is 5.69 Å². The van der Waals surface area contributed by atoms with Crippen molar-refractivity contribution in [1.29, 1.82) is 0 Å². The zero-order valence-electron chi connectivity index (χ0n) is 10.2. The Balaban J connectivity index is 1.70. The lowest BCUT2D eigenvalue weighted by Crippen LogP contribution is -2.05. The number of benzene rings is 1. The highest BCUT2D eigenvalue weighted by Gasteiger charge is 2.13. The second-order valence-corrected chi connectivity index (χ2v) is 4.09. The summed E-state index contributed by atoms with van der Waals surface area (Å²) in [6, 6.07) is 5.86. The van der Waals surface area contributed by atoms with Gasteiger partial charge in [0.25, 0.3) is 0 Å². The molecule has 2 aromatic rings. The number of hydrogen-bond acceptors (Lipinski definition) is 4. The van der Waals surface area contributed by atoms with Gasteiger partial charge in [-0.25, -0.2) is 4.98 Å². The molecule has 0 saturated carbocycles. The summed E-state index contributed by atoms with van der Waals surface area (Å²) in [6.45, 7) is 4.08. The number of ether oxygens (including phenoxy) is 2. The maximum atomic E-state index is 5.34. The molecule has 0 radical (unpaired) electrons. The molecule has 5 heteroatoms. The highest BCUT2D eigenvalue weighted by molar-refractivity contribution is 5.55. The molecule has 0 aliphatic carbocycles. The Hall–Kier alpha value is -2.17. The van der Waals surface area contributed by atoms with Gasteiger partial charge in [0.1, 0.15) is 0 Å². The second kappa shape index (κ2) is 4.60. The average Bonchev–Trinajstić information content (AvgIpc) is 3.04. The number of anilines is 1. The Morgan fingerprint density at radius 3 is 3.11 bits per heavy atom.